The van der Waals surface area contributed by atoms with Crippen LogP contribution in [-0.2, 0) is 14.8 Å². The van der Waals surface area contributed by atoms with Gasteiger partial charge in [0, 0.05) is 17.9 Å². The molecule has 0 spiro atoms. The minimum Gasteiger partial charge on any atom is -0.383 e. The number of sulfonamides is 1. The van der Waals surface area contributed by atoms with Crippen molar-refractivity contribution in [3.63, 3.8) is 0 Å². The summed E-state index contributed by atoms with van der Waals surface area (Å²) in [7, 11) is -3.92. The smallest absolute Gasteiger partial charge is 0.263 e. The van der Waals surface area contributed by atoms with E-state index in [0.29, 0.717) is 22.0 Å². The van der Waals surface area contributed by atoms with E-state index in [1.165, 1.54) is 48.2 Å². The summed E-state index contributed by atoms with van der Waals surface area (Å²) >= 11 is 6.84. The van der Waals surface area contributed by atoms with E-state index in [9.17, 15) is 23.7 Å². The fourth-order valence-corrected chi connectivity index (χ4v) is 5.30. The van der Waals surface area contributed by atoms with Crippen molar-refractivity contribution < 1.29 is 13.2 Å². The second-order valence-electron chi connectivity index (χ2n) is 7.86. The predicted molar refractivity (Wildman–Crippen MR) is 140 cm³/mol. The maximum atomic E-state index is 12.5. The van der Waals surface area contributed by atoms with E-state index in [2.05, 4.69) is 31.3 Å². The molecule has 2 heterocycles. The molecule has 3 rings (SSSR count). The predicted octanol–water partition coefficient (Wildman–Crippen LogP) is 3.90. The molecule has 0 bridgehead atoms. The number of pyridine rings is 1. The van der Waals surface area contributed by atoms with Gasteiger partial charge in [-0.3, -0.25) is 9.52 Å². The Bertz CT molecular complexity index is 1500. The molecule has 0 saturated heterocycles. The number of hydrogen-bond acceptors (Lipinski definition) is 10. The van der Waals surface area contributed by atoms with Gasteiger partial charge in [-0.25, -0.2) is 13.4 Å². The molecule has 0 unspecified atom stereocenters. The van der Waals surface area contributed by atoms with Crippen LogP contribution >= 0.6 is 23.4 Å². The largest absolute Gasteiger partial charge is 0.383 e. The molecule has 0 aliphatic carbocycles. The van der Waals surface area contributed by atoms with Crippen LogP contribution in [-0.4, -0.2) is 35.3 Å². The highest BCUT2D eigenvalue weighted by Gasteiger charge is 2.21. The van der Waals surface area contributed by atoms with Crippen LogP contribution < -0.4 is 15.8 Å². The maximum Gasteiger partial charge on any atom is 0.263 e. The van der Waals surface area contributed by atoms with Crippen molar-refractivity contribution >= 4 is 56.6 Å². The van der Waals surface area contributed by atoms with Gasteiger partial charge in [0.1, 0.15) is 23.0 Å². The lowest BCUT2D eigenvalue weighted by Gasteiger charge is -2.15. The van der Waals surface area contributed by atoms with Crippen molar-refractivity contribution in [2.45, 2.75) is 36.1 Å². The summed E-state index contributed by atoms with van der Waals surface area (Å²) in [6.07, 6.45) is 0.0883. The van der Waals surface area contributed by atoms with Crippen LogP contribution in [0.5, 0.6) is 0 Å². The molecule has 0 atom stereocenters. The molecule has 3 aromatic rings. The summed E-state index contributed by atoms with van der Waals surface area (Å²) in [5, 5.41) is 29.5. The normalized spacial score (nSPS) is 11.0. The Morgan fingerprint density at radius 2 is 1.78 bits per heavy atom. The molecule has 14 heteroatoms. The van der Waals surface area contributed by atoms with Gasteiger partial charge < -0.3 is 11.1 Å². The summed E-state index contributed by atoms with van der Waals surface area (Å²) < 4.78 is 27.3. The van der Waals surface area contributed by atoms with Crippen molar-refractivity contribution in [1.82, 2.24) is 15.2 Å². The lowest BCUT2D eigenvalue weighted by Crippen LogP contribution is -2.15. The number of nitrogens with zero attached hydrogens (tertiary/aromatic N) is 5. The monoisotopic (exact) mass is 556 g/mol. The molecule has 0 fully saturated rings. The highest BCUT2D eigenvalue weighted by Crippen LogP contribution is 2.33. The number of nitrogens with one attached hydrogen (secondary N) is 2. The van der Waals surface area contributed by atoms with E-state index in [1.807, 2.05) is 19.9 Å². The summed E-state index contributed by atoms with van der Waals surface area (Å²) in [5.41, 5.74) is 7.34. The van der Waals surface area contributed by atoms with Crippen LogP contribution in [0.2, 0.25) is 5.15 Å². The summed E-state index contributed by atoms with van der Waals surface area (Å²) in [6.45, 7) is 3.72. The van der Waals surface area contributed by atoms with Gasteiger partial charge in [0.15, 0.2) is 11.0 Å². The Labute approximate surface area is 223 Å². The number of nitrogens with two attached hydrogens (primary N) is 1. The van der Waals surface area contributed by atoms with E-state index in [0.717, 1.165) is 0 Å². The minimum absolute atomic E-state index is 0.0119. The second-order valence-corrected chi connectivity index (χ2v) is 11.0. The first-order valence-corrected chi connectivity index (χ1v) is 13.6. The molecule has 190 valence electrons. The standard InChI is InChI=1S/C23H21ClN8O3S2/c1-13(2)21-16(11-25)22(27)29-23(17(21)12-26)36-10-9-20(33)28-14-3-5-15(6-4-14)37(34,35)32-19-8-7-18(24)30-31-19/h3-8,13H,9-10H2,1-2H3,(H2,27,29)(H,28,33)(H,31,32). The molecule has 2 aromatic heterocycles. The van der Waals surface area contributed by atoms with Gasteiger partial charge in [0.25, 0.3) is 10.0 Å². The van der Waals surface area contributed by atoms with Crippen molar-refractivity contribution in [2.24, 2.45) is 0 Å². The molecule has 0 radical (unpaired) electrons. The van der Waals surface area contributed by atoms with Crippen molar-refractivity contribution in [3.05, 3.63) is 58.2 Å². The molecule has 0 aliphatic heterocycles. The van der Waals surface area contributed by atoms with Gasteiger partial charge >= 0.3 is 0 Å². The average molecular weight is 557 g/mol. The quantitative estimate of drug-likeness (QED) is 0.326. The molecule has 37 heavy (non-hydrogen) atoms. The molecule has 11 nitrogen and oxygen atoms in total. The number of hydrogen-bond donors (Lipinski definition) is 3. The Morgan fingerprint density at radius 1 is 1.11 bits per heavy atom. The number of rotatable bonds is 9. The number of benzene rings is 1. The number of nitrogen functional groups attached to an aromatic ring is 1. The van der Waals surface area contributed by atoms with Gasteiger partial charge in [-0.05, 0) is 47.9 Å². The summed E-state index contributed by atoms with van der Waals surface area (Å²) in [4.78, 5) is 16.6. The first-order valence-electron chi connectivity index (χ1n) is 10.7. The lowest BCUT2D eigenvalue weighted by atomic mass is 9.94. The molecule has 0 aliphatic rings. The highest BCUT2D eigenvalue weighted by molar-refractivity contribution is 7.99. The van der Waals surface area contributed by atoms with E-state index >= 15 is 0 Å². The molecule has 1 amide bonds. The van der Waals surface area contributed by atoms with Gasteiger partial charge in [-0.15, -0.1) is 22.0 Å². The third kappa shape index (κ3) is 6.86. The number of carbonyl (C=O) groups is 1. The number of thioether (sulfide) groups is 1. The summed E-state index contributed by atoms with van der Waals surface area (Å²) in [6, 6.07) is 12.5. The first kappa shape index (κ1) is 27.7. The van der Waals surface area contributed by atoms with E-state index in [1.54, 1.807) is 0 Å². The third-order valence-corrected chi connectivity index (χ3v) is 7.47. The Balaban J connectivity index is 1.61. The number of amides is 1. The zero-order valence-corrected chi connectivity index (χ0v) is 22.1. The van der Waals surface area contributed by atoms with E-state index < -0.39 is 10.0 Å². The topological polar surface area (TPSA) is 188 Å². The van der Waals surface area contributed by atoms with Crippen molar-refractivity contribution in [1.29, 1.82) is 10.5 Å². The van der Waals surface area contributed by atoms with Crippen LogP contribution in [0.15, 0.2) is 46.3 Å². The Kier molecular flexibility index (Phi) is 8.89. The Hall–Kier alpha value is -3.91. The van der Waals surface area contributed by atoms with Crippen LogP contribution in [0.4, 0.5) is 17.3 Å². The fourth-order valence-electron chi connectivity index (χ4n) is 3.26. The molecule has 1 aromatic carbocycles. The van der Waals surface area contributed by atoms with Gasteiger partial charge in [-0.1, -0.05) is 25.4 Å². The molecule has 4 N–H and O–H groups in total. The fraction of sp³-hybridized carbons (Fsp3) is 0.217. The number of aromatic nitrogens is 3. The van der Waals surface area contributed by atoms with Gasteiger partial charge in [0.05, 0.1) is 16.0 Å². The van der Waals surface area contributed by atoms with Crippen LogP contribution in [0.1, 0.15) is 42.9 Å². The van der Waals surface area contributed by atoms with Gasteiger partial charge in [0.2, 0.25) is 5.91 Å². The lowest BCUT2D eigenvalue weighted by molar-refractivity contribution is -0.115. The maximum absolute atomic E-state index is 12.5. The second kappa shape index (κ2) is 11.9. The van der Waals surface area contributed by atoms with E-state index in [4.69, 9.17) is 17.3 Å². The zero-order chi connectivity index (χ0) is 27.2. The van der Waals surface area contributed by atoms with Crippen molar-refractivity contribution in [2.75, 3.05) is 21.5 Å². The number of halogens is 1. The third-order valence-electron chi connectivity index (χ3n) is 4.92. The van der Waals surface area contributed by atoms with Gasteiger partial charge in [-0.2, -0.15) is 10.5 Å². The zero-order valence-electron chi connectivity index (χ0n) is 19.7. The first-order chi connectivity index (χ1) is 17.6. The van der Waals surface area contributed by atoms with Crippen LogP contribution in [0.25, 0.3) is 0 Å². The highest BCUT2D eigenvalue weighted by atomic mass is 35.5. The number of anilines is 3. The number of nitriles is 2. The molecular weight excluding hydrogens is 536 g/mol. The average Bonchev–Trinajstić information content (AvgIpc) is 2.85. The van der Waals surface area contributed by atoms with Crippen LogP contribution in [0.3, 0.4) is 0 Å². The SMILES string of the molecule is CC(C)c1c(C#N)c(N)nc(SCCC(=O)Nc2ccc(S(=O)(=O)Nc3ccc(Cl)nn3)cc2)c1C#N. The number of carbonyl (C=O) groups excluding carboxylic acids is 1. The molecular formula is C23H21ClN8O3S2. The van der Waals surface area contributed by atoms with E-state index in [-0.39, 0.29) is 51.1 Å². The molecule has 0 saturated carbocycles. The van der Waals surface area contributed by atoms with Crippen molar-refractivity contribution in [3.8, 4) is 12.1 Å². The Morgan fingerprint density at radius 3 is 2.35 bits per heavy atom. The van der Waals surface area contributed by atoms with Crippen LogP contribution in [0, 0.1) is 22.7 Å². The minimum atomic E-state index is -3.92. The summed E-state index contributed by atoms with van der Waals surface area (Å²) in [5.74, 6) is -0.0718.